The average molecular weight is 263 g/mol. The number of nitrogens with zero attached hydrogens (tertiary/aromatic N) is 2. The molecule has 18 heavy (non-hydrogen) atoms. The fourth-order valence-electron chi connectivity index (χ4n) is 1.36. The number of alkyl halides is 2. The lowest BCUT2D eigenvalue weighted by Gasteiger charge is -2.21. The summed E-state index contributed by atoms with van der Waals surface area (Å²) < 4.78 is 38.0. The third-order valence-electron chi connectivity index (χ3n) is 2.16. The number of hydrogen-bond donors (Lipinski definition) is 2. The van der Waals surface area contributed by atoms with Gasteiger partial charge in [-0.15, -0.1) is 0 Å². The van der Waals surface area contributed by atoms with Crippen molar-refractivity contribution in [3.63, 3.8) is 0 Å². The Morgan fingerprint density at radius 1 is 1.56 bits per heavy atom. The van der Waals surface area contributed by atoms with Crippen LogP contribution >= 0.6 is 0 Å². The lowest BCUT2D eigenvalue weighted by atomic mass is 10.2. The fourth-order valence-corrected chi connectivity index (χ4v) is 1.36. The van der Waals surface area contributed by atoms with Crippen molar-refractivity contribution in [3.05, 3.63) is 23.6 Å². The number of pyridine rings is 1. The van der Waals surface area contributed by atoms with Crippen molar-refractivity contribution in [2.75, 3.05) is 25.4 Å². The van der Waals surface area contributed by atoms with Crippen LogP contribution in [-0.4, -0.2) is 47.0 Å². The van der Waals surface area contributed by atoms with E-state index in [0.717, 1.165) is 12.3 Å². The molecule has 1 aromatic heterocycles. The number of rotatable bonds is 5. The first-order chi connectivity index (χ1) is 8.47. The Hall–Kier alpha value is -1.83. The molecule has 0 aliphatic heterocycles. The topological polar surface area (TPSA) is 79.5 Å². The van der Waals surface area contributed by atoms with E-state index in [1.165, 1.54) is 0 Å². The molecule has 0 unspecified atom stereocenters. The largest absolute Gasteiger partial charge is 0.395 e. The number of aromatic nitrogens is 1. The highest BCUT2D eigenvalue weighted by atomic mass is 19.3. The second-order valence-corrected chi connectivity index (χ2v) is 3.42. The summed E-state index contributed by atoms with van der Waals surface area (Å²) in [6, 6.07) is 1.05. The summed E-state index contributed by atoms with van der Waals surface area (Å²) in [7, 11) is 0. The highest BCUT2D eigenvalue weighted by molar-refractivity contribution is 5.95. The van der Waals surface area contributed by atoms with Crippen molar-refractivity contribution in [1.29, 1.82) is 0 Å². The zero-order chi connectivity index (χ0) is 13.7. The van der Waals surface area contributed by atoms with E-state index in [-0.39, 0.29) is 6.54 Å². The second kappa shape index (κ2) is 6.20. The van der Waals surface area contributed by atoms with Crippen molar-refractivity contribution in [1.82, 2.24) is 9.88 Å². The molecule has 1 amide bonds. The van der Waals surface area contributed by atoms with Gasteiger partial charge in [-0.2, -0.15) is 0 Å². The number of nitrogens with two attached hydrogens (primary N) is 1. The van der Waals surface area contributed by atoms with Crippen LogP contribution in [0.15, 0.2) is 12.3 Å². The van der Waals surface area contributed by atoms with Crippen molar-refractivity contribution in [2.24, 2.45) is 0 Å². The van der Waals surface area contributed by atoms with Crippen LogP contribution in [0.3, 0.4) is 0 Å². The molecule has 0 aliphatic carbocycles. The van der Waals surface area contributed by atoms with Crippen LogP contribution in [0.2, 0.25) is 0 Å². The maximum atomic E-state index is 13.5. The number of halogens is 3. The summed E-state index contributed by atoms with van der Waals surface area (Å²) >= 11 is 0. The molecule has 0 saturated heterocycles. The van der Waals surface area contributed by atoms with Gasteiger partial charge < -0.3 is 15.7 Å². The van der Waals surface area contributed by atoms with E-state index in [0.29, 0.717) is 4.90 Å². The predicted octanol–water partition coefficient (Wildman–Crippen LogP) is 0.503. The van der Waals surface area contributed by atoms with Gasteiger partial charge in [0, 0.05) is 12.7 Å². The van der Waals surface area contributed by atoms with Crippen molar-refractivity contribution < 1.29 is 23.1 Å². The molecular weight excluding hydrogens is 251 g/mol. The Kier molecular flexibility index (Phi) is 4.90. The van der Waals surface area contributed by atoms with Gasteiger partial charge in [0.25, 0.3) is 12.3 Å². The number of hydrogen-bond acceptors (Lipinski definition) is 4. The maximum absolute atomic E-state index is 13.5. The molecule has 1 aromatic rings. The highest BCUT2D eigenvalue weighted by Crippen LogP contribution is 2.14. The molecule has 100 valence electrons. The molecule has 0 aliphatic rings. The molecule has 1 rings (SSSR count). The molecule has 0 spiro atoms. The third kappa shape index (κ3) is 3.33. The van der Waals surface area contributed by atoms with E-state index >= 15 is 0 Å². The van der Waals surface area contributed by atoms with E-state index in [1.54, 1.807) is 0 Å². The number of anilines is 1. The molecule has 5 nitrogen and oxygen atoms in total. The number of amides is 1. The summed E-state index contributed by atoms with van der Waals surface area (Å²) in [5, 5.41) is 8.70. The maximum Gasteiger partial charge on any atom is 0.257 e. The smallest absolute Gasteiger partial charge is 0.257 e. The normalized spacial score (nSPS) is 10.7. The number of carbonyl (C=O) groups excluding carboxylic acids is 1. The van der Waals surface area contributed by atoms with Gasteiger partial charge >= 0.3 is 0 Å². The third-order valence-corrected chi connectivity index (χ3v) is 2.16. The molecule has 8 heteroatoms. The predicted molar refractivity (Wildman–Crippen MR) is 57.6 cm³/mol. The van der Waals surface area contributed by atoms with E-state index in [9.17, 15) is 18.0 Å². The van der Waals surface area contributed by atoms with Gasteiger partial charge in [0.15, 0.2) is 11.6 Å². The number of aliphatic hydroxyl groups excluding tert-OH is 1. The van der Waals surface area contributed by atoms with Gasteiger partial charge in [0.2, 0.25) is 0 Å². The van der Waals surface area contributed by atoms with Gasteiger partial charge in [-0.3, -0.25) is 4.79 Å². The van der Waals surface area contributed by atoms with Gasteiger partial charge in [-0.05, 0) is 6.07 Å². The zero-order valence-corrected chi connectivity index (χ0v) is 9.31. The van der Waals surface area contributed by atoms with Crippen LogP contribution < -0.4 is 5.73 Å². The lowest BCUT2D eigenvalue weighted by Crippen LogP contribution is -2.37. The minimum absolute atomic E-state index is 0.315. The molecule has 3 N–H and O–H groups in total. The minimum Gasteiger partial charge on any atom is -0.395 e. The van der Waals surface area contributed by atoms with Crippen molar-refractivity contribution in [2.45, 2.75) is 6.43 Å². The number of carbonyl (C=O) groups is 1. The molecule has 0 aromatic carbocycles. The Morgan fingerprint density at radius 3 is 2.78 bits per heavy atom. The molecule has 0 radical (unpaired) electrons. The summed E-state index contributed by atoms with van der Waals surface area (Å²) in [6.07, 6.45) is -1.67. The lowest BCUT2D eigenvalue weighted by molar-refractivity contribution is 0.0505. The molecule has 1 heterocycles. The standard InChI is InChI=1S/C10H12F3N3O2/c11-7(12)5-16(3-4-17)10(18)6-1-2-15-9(14)8(6)13/h1-2,7,17H,3-5H2,(H2,14,15). The first-order valence-electron chi connectivity index (χ1n) is 5.05. The van der Waals surface area contributed by atoms with Gasteiger partial charge in [-0.1, -0.05) is 0 Å². The summed E-state index contributed by atoms with van der Waals surface area (Å²) in [6.45, 7) is -1.70. The number of nitrogen functional groups attached to an aromatic ring is 1. The summed E-state index contributed by atoms with van der Waals surface area (Å²) in [5.74, 6) is -2.50. The molecule has 0 atom stereocenters. The van der Waals surface area contributed by atoms with Crippen LogP contribution in [0.1, 0.15) is 10.4 Å². The van der Waals surface area contributed by atoms with Crippen LogP contribution in [-0.2, 0) is 0 Å². The van der Waals surface area contributed by atoms with E-state index in [1.807, 2.05) is 0 Å². The Labute approximate surface area is 101 Å². The molecule has 0 fully saturated rings. The van der Waals surface area contributed by atoms with Crippen molar-refractivity contribution >= 4 is 11.7 Å². The summed E-state index contributed by atoms with van der Waals surface area (Å²) in [4.78, 5) is 15.9. The Balaban J connectivity index is 2.98. The van der Waals surface area contributed by atoms with Crippen LogP contribution in [0.5, 0.6) is 0 Å². The fraction of sp³-hybridized carbons (Fsp3) is 0.400. The van der Waals surface area contributed by atoms with Gasteiger partial charge in [0.1, 0.15) is 0 Å². The highest BCUT2D eigenvalue weighted by Gasteiger charge is 2.23. The average Bonchev–Trinajstić information content (AvgIpc) is 2.31. The van der Waals surface area contributed by atoms with E-state index in [2.05, 4.69) is 4.98 Å². The minimum atomic E-state index is -2.78. The van der Waals surface area contributed by atoms with Gasteiger partial charge in [-0.25, -0.2) is 18.2 Å². The monoisotopic (exact) mass is 263 g/mol. The van der Waals surface area contributed by atoms with Crippen molar-refractivity contribution in [3.8, 4) is 0 Å². The number of aliphatic hydroxyl groups is 1. The Bertz CT molecular complexity index is 429. The Morgan fingerprint density at radius 2 is 2.22 bits per heavy atom. The first kappa shape index (κ1) is 14.2. The SMILES string of the molecule is Nc1nccc(C(=O)N(CCO)CC(F)F)c1F. The molecular formula is C10H12F3N3O2. The first-order valence-corrected chi connectivity index (χ1v) is 5.05. The van der Waals surface area contributed by atoms with Crippen LogP contribution in [0, 0.1) is 5.82 Å². The van der Waals surface area contributed by atoms with Crippen LogP contribution in [0.25, 0.3) is 0 Å². The zero-order valence-electron chi connectivity index (χ0n) is 9.31. The van der Waals surface area contributed by atoms with Crippen LogP contribution in [0.4, 0.5) is 19.0 Å². The quantitative estimate of drug-likeness (QED) is 0.811. The molecule has 0 bridgehead atoms. The van der Waals surface area contributed by atoms with Gasteiger partial charge in [0.05, 0.1) is 18.7 Å². The summed E-state index contributed by atoms with van der Waals surface area (Å²) in [5.41, 5.74) is 4.73. The molecule has 0 saturated carbocycles. The van der Waals surface area contributed by atoms with E-state index in [4.69, 9.17) is 10.8 Å². The second-order valence-electron chi connectivity index (χ2n) is 3.42. The van der Waals surface area contributed by atoms with E-state index < -0.39 is 42.7 Å².